The summed E-state index contributed by atoms with van der Waals surface area (Å²) in [6.07, 6.45) is -4.87. The van der Waals surface area contributed by atoms with Gasteiger partial charge in [0, 0.05) is 0 Å². The number of carbonyl (C=O) groups excluding carboxylic acids is 1. The summed E-state index contributed by atoms with van der Waals surface area (Å²) in [5.41, 5.74) is -3.11. The van der Waals surface area contributed by atoms with Crippen molar-refractivity contribution < 1.29 is 22.4 Å². The summed E-state index contributed by atoms with van der Waals surface area (Å²) in [6.45, 7) is 0. The quantitative estimate of drug-likeness (QED) is 0.324. The first kappa shape index (κ1) is 23.3. The van der Waals surface area contributed by atoms with E-state index in [1.807, 2.05) is 0 Å². The molecule has 1 aromatic heterocycles. The predicted molar refractivity (Wildman–Crippen MR) is 111 cm³/mol. The van der Waals surface area contributed by atoms with Gasteiger partial charge in [0.2, 0.25) is 0 Å². The molecule has 0 N–H and O–H groups in total. The van der Waals surface area contributed by atoms with E-state index in [1.54, 1.807) is 6.07 Å². The van der Waals surface area contributed by atoms with Crippen LogP contribution in [-0.2, 0) is 6.18 Å². The molecular formula is C21H12ClF4N2NaO2. The molecule has 0 saturated carbocycles. The minimum atomic E-state index is -4.87. The van der Waals surface area contributed by atoms with Gasteiger partial charge < -0.3 is 0 Å². The van der Waals surface area contributed by atoms with Crippen molar-refractivity contribution in [3.05, 3.63) is 99.2 Å². The standard InChI is InChI=1S/C21H11ClF4N2O2.Na.H/c22-13-7-5-6-12(21(24,25)26)18(13)19(29)28-17-11-4-3-10-16(17)27(20(28)30)15-9-2-1-8-14(15)23;;/h1-11H;;. The molecule has 0 aliphatic rings. The number of halogens is 5. The number of benzene rings is 3. The van der Waals surface area contributed by atoms with Crippen LogP contribution in [0, 0.1) is 5.82 Å². The van der Waals surface area contributed by atoms with Gasteiger partial charge in [0.1, 0.15) is 5.82 Å². The van der Waals surface area contributed by atoms with Gasteiger partial charge in [-0.25, -0.2) is 13.8 Å². The third kappa shape index (κ3) is 3.96. The van der Waals surface area contributed by atoms with Crippen molar-refractivity contribution in [3.63, 3.8) is 0 Å². The molecule has 10 heteroatoms. The number of imidazole rings is 1. The first-order valence-electron chi connectivity index (χ1n) is 8.59. The SMILES string of the molecule is O=C(c1c(Cl)cccc1C(F)(F)F)n1c(=O)n(-c2ccccc2F)c2ccccc21.[NaH]. The molecule has 0 bridgehead atoms. The van der Waals surface area contributed by atoms with E-state index in [2.05, 4.69) is 0 Å². The van der Waals surface area contributed by atoms with Crippen LogP contribution in [0.1, 0.15) is 15.9 Å². The van der Waals surface area contributed by atoms with Crippen LogP contribution in [0.3, 0.4) is 0 Å². The summed E-state index contributed by atoms with van der Waals surface area (Å²) in [5.74, 6) is -1.99. The van der Waals surface area contributed by atoms with Gasteiger partial charge >= 0.3 is 41.4 Å². The molecule has 0 spiro atoms. The number of fused-ring (bicyclic) bond motifs is 1. The van der Waals surface area contributed by atoms with Crippen molar-refractivity contribution in [2.24, 2.45) is 0 Å². The molecule has 0 aliphatic heterocycles. The molecule has 4 nitrogen and oxygen atoms in total. The van der Waals surface area contributed by atoms with Crippen molar-refractivity contribution in [2.75, 3.05) is 0 Å². The third-order valence-electron chi connectivity index (χ3n) is 4.58. The summed E-state index contributed by atoms with van der Waals surface area (Å²) >= 11 is 5.93. The monoisotopic (exact) mass is 458 g/mol. The van der Waals surface area contributed by atoms with Gasteiger partial charge in [-0.3, -0.25) is 9.36 Å². The van der Waals surface area contributed by atoms with E-state index in [1.165, 1.54) is 36.4 Å². The van der Waals surface area contributed by atoms with E-state index in [-0.39, 0.29) is 46.3 Å². The van der Waals surface area contributed by atoms with Crippen molar-refractivity contribution in [3.8, 4) is 5.69 Å². The number of alkyl halides is 3. The zero-order valence-corrected chi connectivity index (χ0v) is 15.7. The summed E-state index contributed by atoms with van der Waals surface area (Å²) in [6, 6.07) is 14.2. The maximum absolute atomic E-state index is 14.4. The second-order valence-corrected chi connectivity index (χ2v) is 6.77. The zero-order chi connectivity index (χ0) is 21.6. The van der Waals surface area contributed by atoms with Crippen LogP contribution in [0.25, 0.3) is 16.7 Å². The Morgan fingerprint density at radius 3 is 2.13 bits per heavy atom. The Balaban J connectivity index is 0.00000272. The molecule has 0 amide bonds. The fourth-order valence-electron chi connectivity index (χ4n) is 3.30. The van der Waals surface area contributed by atoms with Gasteiger partial charge in [0.05, 0.1) is 32.9 Å². The Kier molecular flexibility index (Phi) is 6.48. The fraction of sp³-hybridized carbons (Fsp3) is 0.0476. The van der Waals surface area contributed by atoms with E-state index < -0.39 is 39.7 Å². The Bertz CT molecular complexity index is 1360. The van der Waals surface area contributed by atoms with Crippen molar-refractivity contribution in [1.82, 2.24) is 9.13 Å². The average Bonchev–Trinajstić information content (AvgIpc) is 2.99. The third-order valence-corrected chi connectivity index (χ3v) is 4.89. The normalized spacial score (nSPS) is 11.4. The second kappa shape index (κ2) is 8.63. The van der Waals surface area contributed by atoms with E-state index in [9.17, 15) is 27.2 Å². The zero-order valence-electron chi connectivity index (χ0n) is 15.0. The molecule has 0 fully saturated rings. The molecule has 0 saturated heterocycles. The Hall–Kier alpha value is -2.39. The number of hydrogen-bond donors (Lipinski definition) is 0. The molecule has 4 rings (SSSR count). The molecule has 0 atom stereocenters. The number of carbonyl (C=O) groups is 1. The van der Waals surface area contributed by atoms with E-state index in [0.29, 0.717) is 10.6 Å². The molecule has 0 unspecified atom stereocenters. The first-order valence-corrected chi connectivity index (χ1v) is 8.97. The minimum absolute atomic E-state index is 0. The van der Waals surface area contributed by atoms with Gasteiger partial charge in [-0.2, -0.15) is 13.2 Å². The Morgan fingerprint density at radius 2 is 1.48 bits per heavy atom. The maximum atomic E-state index is 14.4. The van der Waals surface area contributed by atoms with Crippen LogP contribution in [0.4, 0.5) is 17.6 Å². The summed E-state index contributed by atoms with van der Waals surface area (Å²) in [7, 11) is 0. The van der Waals surface area contributed by atoms with Gasteiger partial charge in [-0.1, -0.05) is 41.9 Å². The van der Waals surface area contributed by atoms with Crippen LogP contribution < -0.4 is 5.69 Å². The van der Waals surface area contributed by atoms with E-state index in [4.69, 9.17) is 11.6 Å². The molecule has 1 heterocycles. The number of nitrogens with zero attached hydrogens (tertiary/aromatic N) is 2. The Morgan fingerprint density at radius 1 is 0.871 bits per heavy atom. The van der Waals surface area contributed by atoms with E-state index in [0.717, 1.165) is 22.8 Å². The van der Waals surface area contributed by atoms with Crippen LogP contribution in [0.2, 0.25) is 5.02 Å². The topological polar surface area (TPSA) is 44.0 Å². The van der Waals surface area contributed by atoms with Crippen molar-refractivity contribution in [1.29, 1.82) is 0 Å². The molecule has 31 heavy (non-hydrogen) atoms. The number of aromatic nitrogens is 2. The van der Waals surface area contributed by atoms with Crippen molar-refractivity contribution in [2.45, 2.75) is 6.18 Å². The summed E-state index contributed by atoms with van der Waals surface area (Å²) in [5, 5.41) is -0.454. The van der Waals surface area contributed by atoms with Gasteiger partial charge in [0.25, 0.3) is 5.91 Å². The average molecular weight is 459 g/mol. The molecular weight excluding hydrogens is 447 g/mol. The molecule has 0 aliphatic carbocycles. The van der Waals surface area contributed by atoms with Crippen LogP contribution in [0.5, 0.6) is 0 Å². The van der Waals surface area contributed by atoms with Gasteiger partial charge in [0.15, 0.2) is 0 Å². The number of rotatable bonds is 2. The van der Waals surface area contributed by atoms with Gasteiger partial charge in [-0.15, -0.1) is 0 Å². The van der Waals surface area contributed by atoms with Crippen LogP contribution >= 0.6 is 11.6 Å². The van der Waals surface area contributed by atoms with Crippen LogP contribution in [-0.4, -0.2) is 44.6 Å². The summed E-state index contributed by atoms with van der Waals surface area (Å²) in [4.78, 5) is 26.3. The van der Waals surface area contributed by atoms with E-state index >= 15 is 0 Å². The molecule has 0 radical (unpaired) electrons. The molecule has 4 aromatic rings. The van der Waals surface area contributed by atoms with Crippen molar-refractivity contribution >= 4 is 58.1 Å². The second-order valence-electron chi connectivity index (χ2n) is 6.36. The van der Waals surface area contributed by atoms with Gasteiger partial charge in [-0.05, 0) is 36.4 Å². The first-order chi connectivity index (χ1) is 14.2. The number of para-hydroxylation sites is 3. The summed E-state index contributed by atoms with van der Waals surface area (Å²) < 4.78 is 56.3. The number of hydrogen-bond acceptors (Lipinski definition) is 2. The fourth-order valence-corrected chi connectivity index (χ4v) is 3.56. The Labute approximate surface area is 200 Å². The predicted octanol–water partition coefficient (Wildman–Crippen LogP) is 4.64. The molecule has 154 valence electrons. The van der Waals surface area contributed by atoms with Crippen LogP contribution in [0.15, 0.2) is 71.5 Å². The molecule has 3 aromatic carbocycles.